The summed E-state index contributed by atoms with van der Waals surface area (Å²) in [7, 11) is 0. The summed E-state index contributed by atoms with van der Waals surface area (Å²) in [6.07, 6.45) is 2.65. The molecule has 0 unspecified atom stereocenters. The van der Waals surface area contributed by atoms with Crippen LogP contribution >= 0.6 is 0 Å². The Morgan fingerprint density at radius 2 is 2.00 bits per heavy atom. The number of hydrogen-bond acceptors (Lipinski definition) is 5. The zero-order valence-electron chi connectivity index (χ0n) is 19.6. The quantitative estimate of drug-likeness (QED) is 0.460. The Hall–Kier alpha value is -3.51. The lowest BCUT2D eigenvalue weighted by Gasteiger charge is -2.23. The molecule has 0 saturated heterocycles. The molecule has 6 nitrogen and oxygen atoms in total. The fraction of sp³-hybridized carbons (Fsp3) is 0.321. The normalized spacial score (nSPS) is 16.6. The number of rotatable bonds is 6. The van der Waals surface area contributed by atoms with Gasteiger partial charge in [0.25, 0.3) is 5.91 Å². The van der Waals surface area contributed by atoms with Crippen molar-refractivity contribution < 1.29 is 9.53 Å². The molecule has 0 aliphatic carbocycles. The van der Waals surface area contributed by atoms with Gasteiger partial charge in [0.1, 0.15) is 5.75 Å². The van der Waals surface area contributed by atoms with Crippen molar-refractivity contribution in [3.05, 3.63) is 71.8 Å². The lowest BCUT2D eigenvalue weighted by Crippen LogP contribution is -2.32. The molecule has 2 aliphatic heterocycles. The van der Waals surface area contributed by atoms with Crippen LogP contribution in [0.1, 0.15) is 35.7 Å². The number of benzene rings is 3. The number of anilines is 3. The minimum absolute atomic E-state index is 0.0169. The molecule has 0 radical (unpaired) electrons. The maximum absolute atomic E-state index is 13.7. The highest BCUT2D eigenvalue weighted by Gasteiger charge is 2.25. The SMILES string of the molecule is C[C@H]1CCN(C(=O)c2ccc(-c3ccc4c(c3)CCN4)c(OCCCN)c2)c2ccccc2N1. The molecule has 34 heavy (non-hydrogen) atoms. The largest absolute Gasteiger partial charge is 0.493 e. The molecule has 1 atom stereocenters. The zero-order valence-corrected chi connectivity index (χ0v) is 19.6. The third-order valence-corrected chi connectivity index (χ3v) is 6.59. The van der Waals surface area contributed by atoms with E-state index in [1.807, 2.05) is 47.4 Å². The van der Waals surface area contributed by atoms with Gasteiger partial charge in [0.2, 0.25) is 0 Å². The van der Waals surface area contributed by atoms with Crippen LogP contribution in [0.3, 0.4) is 0 Å². The Morgan fingerprint density at radius 1 is 1.12 bits per heavy atom. The molecule has 2 aliphatic rings. The molecule has 0 saturated carbocycles. The van der Waals surface area contributed by atoms with Crippen molar-refractivity contribution in [3.8, 4) is 16.9 Å². The van der Waals surface area contributed by atoms with Crippen molar-refractivity contribution in [2.24, 2.45) is 5.73 Å². The summed E-state index contributed by atoms with van der Waals surface area (Å²) in [5, 5.41) is 6.93. The second kappa shape index (κ2) is 9.77. The minimum Gasteiger partial charge on any atom is -0.493 e. The molecule has 5 rings (SSSR count). The van der Waals surface area contributed by atoms with E-state index in [-0.39, 0.29) is 5.91 Å². The van der Waals surface area contributed by atoms with Gasteiger partial charge in [-0.1, -0.05) is 18.2 Å². The maximum Gasteiger partial charge on any atom is 0.258 e. The third-order valence-electron chi connectivity index (χ3n) is 6.59. The Labute approximate surface area is 201 Å². The Morgan fingerprint density at radius 3 is 2.88 bits per heavy atom. The molecule has 0 fully saturated rings. The number of nitrogens with zero attached hydrogens (tertiary/aromatic N) is 1. The van der Waals surface area contributed by atoms with E-state index in [9.17, 15) is 4.79 Å². The van der Waals surface area contributed by atoms with Crippen LogP contribution in [0.25, 0.3) is 11.1 Å². The van der Waals surface area contributed by atoms with Gasteiger partial charge >= 0.3 is 0 Å². The van der Waals surface area contributed by atoms with Crippen molar-refractivity contribution >= 4 is 23.0 Å². The molecule has 3 aromatic carbocycles. The van der Waals surface area contributed by atoms with E-state index in [4.69, 9.17) is 10.5 Å². The standard InChI is InChI=1S/C28H32N4O2/c1-19-12-15-32(26-6-3-2-5-25(26)31-19)28(33)22-7-9-23(27(18-22)34-16-4-13-29)20-8-10-24-21(17-20)11-14-30-24/h2-3,5-10,17-19,30-31H,4,11-16,29H2,1H3/t19-/m0/s1. The van der Waals surface area contributed by atoms with Gasteiger partial charge in [-0.05, 0) is 86.3 Å². The van der Waals surface area contributed by atoms with E-state index < -0.39 is 0 Å². The smallest absolute Gasteiger partial charge is 0.258 e. The molecule has 3 aromatic rings. The van der Waals surface area contributed by atoms with Gasteiger partial charge in [-0.15, -0.1) is 0 Å². The van der Waals surface area contributed by atoms with Gasteiger partial charge in [-0.3, -0.25) is 4.79 Å². The second-order valence-electron chi connectivity index (χ2n) is 9.06. The number of amides is 1. The van der Waals surface area contributed by atoms with Crippen molar-refractivity contribution in [2.75, 3.05) is 41.8 Å². The number of para-hydroxylation sites is 2. The predicted molar refractivity (Wildman–Crippen MR) is 139 cm³/mol. The Bertz CT molecular complexity index is 1190. The van der Waals surface area contributed by atoms with Gasteiger partial charge < -0.3 is 26.0 Å². The fourth-order valence-corrected chi connectivity index (χ4v) is 4.73. The zero-order chi connectivity index (χ0) is 23.5. The molecule has 1 amide bonds. The summed E-state index contributed by atoms with van der Waals surface area (Å²) < 4.78 is 6.16. The van der Waals surface area contributed by atoms with E-state index in [1.54, 1.807) is 0 Å². The van der Waals surface area contributed by atoms with Crippen LogP contribution in [-0.4, -0.2) is 38.2 Å². The van der Waals surface area contributed by atoms with Crippen molar-refractivity contribution in [3.63, 3.8) is 0 Å². The number of hydrogen-bond donors (Lipinski definition) is 3. The fourth-order valence-electron chi connectivity index (χ4n) is 4.73. The van der Waals surface area contributed by atoms with Crippen LogP contribution in [0.4, 0.5) is 17.1 Å². The second-order valence-corrected chi connectivity index (χ2v) is 9.06. The van der Waals surface area contributed by atoms with Crippen molar-refractivity contribution in [2.45, 2.75) is 32.2 Å². The molecule has 4 N–H and O–H groups in total. The first kappa shape index (κ1) is 22.3. The van der Waals surface area contributed by atoms with Crippen LogP contribution in [0.15, 0.2) is 60.7 Å². The average Bonchev–Trinajstić information content (AvgIpc) is 3.26. The van der Waals surface area contributed by atoms with Gasteiger partial charge in [-0.25, -0.2) is 0 Å². The monoisotopic (exact) mass is 456 g/mol. The van der Waals surface area contributed by atoms with Gasteiger partial charge in [0.15, 0.2) is 0 Å². The number of ether oxygens (including phenoxy) is 1. The number of fused-ring (bicyclic) bond motifs is 2. The number of nitrogens with one attached hydrogen (secondary N) is 2. The lowest BCUT2D eigenvalue weighted by atomic mass is 9.99. The highest BCUT2D eigenvalue weighted by molar-refractivity contribution is 6.08. The van der Waals surface area contributed by atoms with Crippen molar-refractivity contribution in [1.82, 2.24) is 0 Å². The van der Waals surface area contributed by atoms with E-state index in [2.05, 4.69) is 35.8 Å². The number of nitrogens with two attached hydrogens (primary N) is 1. The van der Waals surface area contributed by atoms with Crippen LogP contribution in [-0.2, 0) is 6.42 Å². The Kier molecular flexibility index (Phi) is 6.41. The summed E-state index contributed by atoms with van der Waals surface area (Å²) in [4.78, 5) is 15.6. The van der Waals surface area contributed by atoms with E-state index in [1.165, 1.54) is 11.3 Å². The maximum atomic E-state index is 13.7. The van der Waals surface area contributed by atoms with Crippen LogP contribution in [0, 0.1) is 0 Å². The lowest BCUT2D eigenvalue weighted by molar-refractivity contribution is 0.0986. The topological polar surface area (TPSA) is 79.6 Å². The summed E-state index contributed by atoms with van der Waals surface area (Å²) in [6, 6.07) is 20.6. The minimum atomic E-state index is -0.0169. The number of carbonyl (C=O) groups excluding carboxylic acids is 1. The van der Waals surface area contributed by atoms with Gasteiger partial charge in [0, 0.05) is 35.9 Å². The highest BCUT2D eigenvalue weighted by atomic mass is 16.5. The van der Waals surface area contributed by atoms with Crippen molar-refractivity contribution in [1.29, 1.82) is 0 Å². The average molecular weight is 457 g/mol. The van der Waals surface area contributed by atoms with Crippen LogP contribution in [0.5, 0.6) is 5.75 Å². The van der Waals surface area contributed by atoms with E-state index in [0.717, 1.165) is 54.1 Å². The van der Waals surface area contributed by atoms with Gasteiger partial charge in [-0.2, -0.15) is 0 Å². The first-order valence-corrected chi connectivity index (χ1v) is 12.2. The first-order valence-electron chi connectivity index (χ1n) is 12.2. The molecular weight excluding hydrogens is 424 g/mol. The first-order chi connectivity index (χ1) is 16.6. The summed E-state index contributed by atoms with van der Waals surface area (Å²) in [6.45, 7) is 4.86. The Balaban J connectivity index is 1.50. The predicted octanol–water partition coefficient (Wildman–Crippen LogP) is 4.90. The molecule has 2 heterocycles. The molecule has 0 bridgehead atoms. The summed E-state index contributed by atoms with van der Waals surface area (Å²) in [5.41, 5.74) is 12.8. The molecule has 6 heteroatoms. The number of carbonyl (C=O) groups is 1. The van der Waals surface area contributed by atoms with Crippen LogP contribution in [0.2, 0.25) is 0 Å². The highest BCUT2D eigenvalue weighted by Crippen LogP contribution is 2.36. The molecule has 0 spiro atoms. The summed E-state index contributed by atoms with van der Waals surface area (Å²) >= 11 is 0. The van der Waals surface area contributed by atoms with Crippen LogP contribution < -0.4 is 26.0 Å². The third kappa shape index (κ3) is 4.46. The molecule has 0 aromatic heterocycles. The summed E-state index contributed by atoms with van der Waals surface area (Å²) in [5.74, 6) is 0.705. The van der Waals surface area contributed by atoms with E-state index in [0.29, 0.717) is 31.3 Å². The van der Waals surface area contributed by atoms with Gasteiger partial charge in [0.05, 0.1) is 18.0 Å². The molecule has 176 valence electrons. The van der Waals surface area contributed by atoms with E-state index >= 15 is 0 Å². The molecular formula is C28H32N4O2.